The van der Waals surface area contributed by atoms with E-state index in [1.165, 1.54) is 12.1 Å². The SMILES string of the molecule is CC(C)(C)c1cc2c3cccc4c5cc(OS(=O)(=O)C(F)(F)F)c6cccc7c8c(C(C)(C)C)cc9c%10cccc%11c%12cc(OS(=O)(=O)C(F)(F)F)c%13cccc%14c1c1c2c(c8c9c1c(c%11%10)c%12c%13%14)c(c43)c5c67. The third kappa shape index (κ3) is 4.75. The highest BCUT2D eigenvalue weighted by Gasteiger charge is 2.50. The summed E-state index contributed by atoms with van der Waals surface area (Å²) in [6.45, 7) is 12.6. The number of halogens is 6. The normalized spacial score (nSPS) is 14.6. The Labute approximate surface area is 403 Å². The van der Waals surface area contributed by atoms with Crippen LogP contribution in [0.4, 0.5) is 26.3 Å². The number of fused-ring (bicyclic) bond motifs is 6. The van der Waals surface area contributed by atoms with Gasteiger partial charge in [0, 0.05) is 21.5 Å². The molecule has 0 N–H and O–H groups in total. The molecule has 0 aromatic heterocycles. The van der Waals surface area contributed by atoms with Gasteiger partial charge in [0.05, 0.1) is 0 Å². The van der Waals surface area contributed by atoms with E-state index in [0.717, 1.165) is 108 Å². The van der Waals surface area contributed by atoms with Gasteiger partial charge in [0.1, 0.15) is 0 Å². The minimum atomic E-state index is -6.12. The Bertz CT molecular complexity index is 4840. The van der Waals surface area contributed by atoms with Crippen molar-refractivity contribution in [3.05, 3.63) is 108 Å². The highest BCUT2D eigenvalue weighted by Crippen LogP contribution is 2.63. The molecule has 0 saturated carbocycles. The van der Waals surface area contributed by atoms with Gasteiger partial charge in [-0.2, -0.15) is 43.2 Å². The monoisotopic (exact) mass is 1000 g/mol. The lowest BCUT2D eigenvalue weighted by Crippen LogP contribution is -2.28. The lowest BCUT2D eigenvalue weighted by atomic mass is 9.75. The molecule has 0 fully saturated rings. The Hall–Kier alpha value is -7.16. The van der Waals surface area contributed by atoms with E-state index in [0.29, 0.717) is 43.1 Å². The average Bonchev–Trinajstić information content (AvgIpc) is 3.70. The van der Waals surface area contributed by atoms with Gasteiger partial charge in [-0.3, -0.25) is 0 Å². The Balaban J connectivity index is 1.34. The Kier molecular flexibility index (Phi) is 7.30. The maximum atomic E-state index is 14.3. The molecule has 15 aromatic carbocycles. The molecular formula is C58H34F6O6S2. The predicted molar refractivity (Wildman–Crippen MR) is 278 cm³/mol. The van der Waals surface area contributed by atoms with E-state index in [2.05, 4.69) is 53.7 Å². The van der Waals surface area contributed by atoms with Crippen molar-refractivity contribution in [2.45, 2.75) is 63.4 Å². The fraction of sp³-hybridized carbons (Fsp3) is 0.172. The maximum Gasteiger partial charge on any atom is 0.534 e. The number of benzene rings is 11. The molecule has 72 heavy (non-hydrogen) atoms. The van der Waals surface area contributed by atoms with Crippen molar-refractivity contribution in [2.75, 3.05) is 0 Å². The Morgan fingerprint density at radius 3 is 0.875 bits per heavy atom. The van der Waals surface area contributed by atoms with Crippen LogP contribution in [-0.2, 0) is 31.1 Å². The van der Waals surface area contributed by atoms with E-state index in [4.69, 9.17) is 8.37 Å². The van der Waals surface area contributed by atoms with Crippen molar-refractivity contribution < 1.29 is 51.5 Å². The number of rotatable bonds is 4. The van der Waals surface area contributed by atoms with E-state index < -0.39 is 53.6 Å². The second-order valence-corrected chi connectivity index (χ2v) is 24.7. The molecule has 0 aliphatic carbocycles. The molecule has 14 heteroatoms. The molecule has 0 radical (unpaired) electrons. The molecule has 0 unspecified atom stereocenters. The summed E-state index contributed by atoms with van der Waals surface area (Å²) in [4.78, 5) is 0. The maximum absolute atomic E-state index is 14.3. The Morgan fingerprint density at radius 2 is 0.556 bits per heavy atom. The van der Waals surface area contributed by atoms with Crippen LogP contribution in [0.25, 0.3) is 151 Å². The molecule has 0 heterocycles. The highest BCUT2D eigenvalue weighted by atomic mass is 32.2. The van der Waals surface area contributed by atoms with Crippen LogP contribution in [0.2, 0.25) is 0 Å². The van der Waals surface area contributed by atoms with Crippen molar-refractivity contribution in [3.8, 4) is 11.5 Å². The van der Waals surface area contributed by atoms with Gasteiger partial charge < -0.3 is 8.37 Å². The minimum absolute atomic E-state index is 0.195. The smallest absolute Gasteiger partial charge is 0.375 e. The zero-order valence-electron chi connectivity index (χ0n) is 38.8. The van der Waals surface area contributed by atoms with Crippen molar-refractivity contribution >= 4 is 171 Å². The molecule has 6 nitrogen and oxygen atoms in total. The van der Waals surface area contributed by atoms with E-state index >= 15 is 0 Å². The topological polar surface area (TPSA) is 86.7 Å². The lowest BCUT2D eigenvalue weighted by molar-refractivity contribution is -0.0504. The summed E-state index contributed by atoms with van der Waals surface area (Å²) in [5, 5.41) is 20.9. The molecule has 0 spiro atoms. The van der Waals surface area contributed by atoms with Gasteiger partial charge in [0.15, 0.2) is 11.5 Å². The summed E-state index contributed by atoms with van der Waals surface area (Å²) in [5.41, 5.74) is -10.8. The fourth-order valence-electron chi connectivity index (χ4n) is 13.3. The number of hydrogen-bond acceptors (Lipinski definition) is 6. The summed E-state index contributed by atoms with van der Waals surface area (Å²) in [5.74, 6) is -0.891. The van der Waals surface area contributed by atoms with Crippen molar-refractivity contribution in [1.29, 1.82) is 0 Å². The summed E-state index contributed by atoms with van der Waals surface area (Å²) in [6.07, 6.45) is 0. The summed E-state index contributed by atoms with van der Waals surface area (Å²) < 4.78 is 148. The minimum Gasteiger partial charge on any atom is -0.375 e. The molecule has 15 aromatic rings. The molecule has 0 atom stereocenters. The molecule has 0 saturated heterocycles. The first kappa shape index (κ1) is 42.5. The van der Waals surface area contributed by atoms with Gasteiger partial charge in [0.25, 0.3) is 0 Å². The van der Waals surface area contributed by atoms with E-state index in [1.807, 2.05) is 48.5 Å². The average molecular weight is 1010 g/mol. The van der Waals surface area contributed by atoms with Gasteiger partial charge in [-0.15, -0.1) is 0 Å². The summed E-state index contributed by atoms with van der Waals surface area (Å²) in [7, 11) is -12.2. The van der Waals surface area contributed by atoms with Crippen LogP contribution in [0.1, 0.15) is 52.7 Å². The van der Waals surface area contributed by atoms with Crippen LogP contribution in [0.15, 0.2) is 97.1 Å². The van der Waals surface area contributed by atoms with Crippen LogP contribution in [0.3, 0.4) is 0 Å². The predicted octanol–water partition coefficient (Wildman–Crippen LogP) is 16.9. The van der Waals surface area contributed by atoms with Crippen molar-refractivity contribution in [1.82, 2.24) is 0 Å². The first-order valence-electron chi connectivity index (χ1n) is 23.2. The lowest BCUT2D eigenvalue weighted by Gasteiger charge is -2.28. The van der Waals surface area contributed by atoms with Crippen LogP contribution >= 0.6 is 0 Å². The second kappa shape index (κ2) is 12.4. The third-order valence-corrected chi connectivity index (χ3v) is 17.7. The molecule has 0 aliphatic heterocycles. The molecule has 0 aliphatic rings. The van der Waals surface area contributed by atoms with Gasteiger partial charge in [-0.1, -0.05) is 114 Å². The van der Waals surface area contributed by atoms with Crippen LogP contribution in [-0.4, -0.2) is 27.9 Å². The van der Waals surface area contributed by atoms with Gasteiger partial charge in [-0.25, -0.2) is 0 Å². The zero-order valence-corrected chi connectivity index (χ0v) is 40.4. The van der Waals surface area contributed by atoms with Crippen LogP contribution in [0.5, 0.6) is 11.5 Å². The summed E-state index contributed by atoms with van der Waals surface area (Å²) >= 11 is 0. The second-order valence-electron chi connectivity index (χ2n) is 21.7. The van der Waals surface area contributed by atoms with Gasteiger partial charge in [-0.05, 0) is 175 Å². The van der Waals surface area contributed by atoms with Gasteiger partial charge in [0.2, 0.25) is 0 Å². The van der Waals surface area contributed by atoms with Gasteiger partial charge >= 0.3 is 31.3 Å². The number of alkyl halides is 6. The van der Waals surface area contributed by atoms with E-state index in [9.17, 15) is 43.2 Å². The first-order valence-corrected chi connectivity index (χ1v) is 26.1. The van der Waals surface area contributed by atoms with E-state index in [-0.39, 0.29) is 10.8 Å². The number of hydrogen-bond donors (Lipinski definition) is 0. The first-order chi connectivity index (χ1) is 33.8. The van der Waals surface area contributed by atoms with Crippen molar-refractivity contribution in [3.63, 3.8) is 0 Å². The molecule has 0 amide bonds. The van der Waals surface area contributed by atoms with Crippen molar-refractivity contribution in [2.24, 2.45) is 0 Å². The third-order valence-electron chi connectivity index (χ3n) is 15.8. The quantitative estimate of drug-likeness (QED) is 0.0574. The molecule has 15 rings (SSSR count). The highest BCUT2D eigenvalue weighted by molar-refractivity contribution is 7.88. The molecule has 356 valence electrons. The zero-order chi connectivity index (χ0) is 50.2. The van der Waals surface area contributed by atoms with Crippen LogP contribution < -0.4 is 8.37 Å². The standard InChI is InChI=1S/C58H34F6O6S2/c1-55(2,3)35-19-31-23-11-7-13-25-34-22-38(70-72(67,68)58(62,63)64)28-16-10-18-30-42(28)46(34)50(39(23)25)54-47(31)51-43(35)29-17-9-15-27-37(69-71(65,66)57(59,60)61)21-33-26-14-8-12-24-32-20-36(56(4,5)6)44(30)52(54)48(32)53(51)49(40(24)26)45(33)41(27)29/h7-22H,1-6H3. The van der Waals surface area contributed by atoms with E-state index in [1.54, 1.807) is 24.3 Å². The fourth-order valence-corrected chi connectivity index (χ4v) is 14.2. The summed E-state index contributed by atoms with van der Waals surface area (Å²) in [6, 6.07) is 29.5. The van der Waals surface area contributed by atoms with Crippen LogP contribution in [0, 0.1) is 0 Å². The molecule has 0 bridgehead atoms. The Morgan fingerprint density at radius 1 is 0.306 bits per heavy atom. The molecular weight excluding hydrogens is 971 g/mol. The largest absolute Gasteiger partial charge is 0.534 e.